The number of methoxy groups -OCH3 is 2. The largest absolute Gasteiger partial charge is 0.481 e. The Labute approximate surface area is 102 Å². The minimum absolute atomic E-state index is 0.239. The molecule has 1 aromatic heterocycles. The summed E-state index contributed by atoms with van der Waals surface area (Å²) < 4.78 is 10.2. The quantitative estimate of drug-likeness (QED) is 0.773. The van der Waals surface area contributed by atoms with Crippen molar-refractivity contribution in [1.82, 2.24) is 9.97 Å². The summed E-state index contributed by atoms with van der Waals surface area (Å²) >= 11 is 0. The minimum atomic E-state index is -0.239. The van der Waals surface area contributed by atoms with Crippen molar-refractivity contribution in [2.75, 3.05) is 26.1 Å². The van der Waals surface area contributed by atoms with Crippen molar-refractivity contribution in [3.05, 3.63) is 6.07 Å². The first-order valence-electron chi connectivity index (χ1n) is 5.52. The van der Waals surface area contributed by atoms with E-state index in [9.17, 15) is 0 Å². The Hall–Kier alpha value is -1.56. The molecule has 0 radical (unpaired) electrons. The van der Waals surface area contributed by atoms with Gasteiger partial charge in [-0.05, 0) is 13.3 Å². The highest BCUT2D eigenvalue weighted by molar-refractivity contribution is 5.36. The number of nitrogens with one attached hydrogen (secondary N) is 1. The van der Waals surface area contributed by atoms with Gasteiger partial charge in [-0.2, -0.15) is 9.97 Å². The molecule has 0 aliphatic carbocycles. The molecule has 1 atom stereocenters. The van der Waals surface area contributed by atoms with Crippen LogP contribution in [0, 0.1) is 0 Å². The van der Waals surface area contributed by atoms with Gasteiger partial charge in [-0.3, -0.25) is 0 Å². The third kappa shape index (κ3) is 3.45. The highest BCUT2D eigenvalue weighted by Crippen LogP contribution is 2.20. The second kappa shape index (κ2) is 5.67. The van der Waals surface area contributed by atoms with Crippen LogP contribution in [0.5, 0.6) is 11.8 Å². The predicted octanol–water partition coefficient (Wildman–Crippen LogP) is 1.03. The molecule has 0 aliphatic heterocycles. The topological polar surface area (TPSA) is 82.3 Å². The molecule has 0 aliphatic rings. The summed E-state index contributed by atoms with van der Waals surface area (Å²) in [6, 6.07) is 1.62. The van der Waals surface area contributed by atoms with Gasteiger partial charge in [0.1, 0.15) is 0 Å². The molecule has 6 heteroatoms. The first-order valence-corrected chi connectivity index (χ1v) is 5.52. The zero-order chi connectivity index (χ0) is 12.9. The van der Waals surface area contributed by atoms with Crippen LogP contribution in [0.25, 0.3) is 0 Å². The lowest BCUT2D eigenvalue weighted by molar-refractivity contribution is 0.371. The summed E-state index contributed by atoms with van der Waals surface area (Å²) in [7, 11) is 3.10. The van der Waals surface area contributed by atoms with Gasteiger partial charge in [0.15, 0.2) is 0 Å². The molecule has 6 nitrogen and oxygen atoms in total. The van der Waals surface area contributed by atoms with E-state index in [0.29, 0.717) is 24.3 Å². The van der Waals surface area contributed by atoms with Crippen molar-refractivity contribution in [3.63, 3.8) is 0 Å². The predicted molar refractivity (Wildman–Crippen MR) is 66.5 cm³/mol. The number of nitrogens with two attached hydrogens (primary N) is 1. The SMILES string of the molecule is CCC(C)(CN)Nc1nc(OC)cc(OC)n1. The van der Waals surface area contributed by atoms with Crippen molar-refractivity contribution < 1.29 is 9.47 Å². The smallest absolute Gasteiger partial charge is 0.229 e. The number of anilines is 1. The summed E-state index contributed by atoms with van der Waals surface area (Å²) in [4.78, 5) is 8.40. The lowest BCUT2D eigenvalue weighted by Crippen LogP contribution is -2.42. The molecule has 3 N–H and O–H groups in total. The lowest BCUT2D eigenvalue weighted by atomic mass is 10.00. The number of aromatic nitrogens is 2. The Morgan fingerprint density at radius 3 is 2.18 bits per heavy atom. The number of hydrogen-bond acceptors (Lipinski definition) is 6. The third-order valence-corrected chi connectivity index (χ3v) is 2.74. The lowest BCUT2D eigenvalue weighted by Gasteiger charge is -2.27. The summed E-state index contributed by atoms with van der Waals surface area (Å²) in [5.74, 6) is 1.36. The second-order valence-corrected chi connectivity index (χ2v) is 4.02. The van der Waals surface area contributed by atoms with Crippen LogP contribution in [0.4, 0.5) is 5.95 Å². The van der Waals surface area contributed by atoms with E-state index >= 15 is 0 Å². The van der Waals surface area contributed by atoms with Crippen molar-refractivity contribution in [2.45, 2.75) is 25.8 Å². The molecule has 0 saturated carbocycles. The molecule has 0 amide bonds. The van der Waals surface area contributed by atoms with E-state index in [2.05, 4.69) is 22.2 Å². The fourth-order valence-corrected chi connectivity index (χ4v) is 1.22. The molecule has 0 aromatic carbocycles. The van der Waals surface area contributed by atoms with Crippen molar-refractivity contribution >= 4 is 5.95 Å². The zero-order valence-electron chi connectivity index (χ0n) is 10.8. The fourth-order valence-electron chi connectivity index (χ4n) is 1.22. The van der Waals surface area contributed by atoms with Gasteiger partial charge in [0.25, 0.3) is 0 Å². The van der Waals surface area contributed by atoms with Crippen molar-refractivity contribution in [2.24, 2.45) is 5.73 Å². The molecular formula is C11H20N4O2. The maximum absolute atomic E-state index is 5.73. The van der Waals surface area contributed by atoms with Gasteiger partial charge in [-0.15, -0.1) is 0 Å². The van der Waals surface area contributed by atoms with E-state index in [4.69, 9.17) is 15.2 Å². The van der Waals surface area contributed by atoms with Crippen molar-refractivity contribution in [1.29, 1.82) is 0 Å². The molecule has 17 heavy (non-hydrogen) atoms. The summed E-state index contributed by atoms with van der Waals surface area (Å²) in [6.07, 6.45) is 0.867. The van der Waals surface area contributed by atoms with E-state index in [0.717, 1.165) is 6.42 Å². The van der Waals surface area contributed by atoms with Gasteiger partial charge in [-0.1, -0.05) is 6.92 Å². The number of ether oxygens (including phenoxy) is 2. The average Bonchev–Trinajstić information content (AvgIpc) is 2.37. The third-order valence-electron chi connectivity index (χ3n) is 2.74. The molecule has 0 fully saturated rings. The van der Waals surface area contributed by atoms with Crippen LogP contribution in [0.1, 0.15) is 20.3 Å². The van der Waals surface area contributed by atoms with Crippen LogP contribution in [0.3, 0.4) is 0 Å². The molecule has 1 aromatic rings. The first kappa shape index (κ1) is 13.5. The molecule has 0 bridgehead atoms. The molecule has 96 valence electrons. The number of nitrogens with zero attached hydrogens (tertiary/aromatic N) is 2. The number of hydrogen-bond donors (Lipinski definition) is 2. The fraction of sp³-hybridized carbons (Fsp3) is 0.636. The van der Waals surface area contributed by atoms with Gasteiger partial charge < -0.3 is 20.5 Å². The monoisotopic (exact) mass is 240 g/mol. The highest BCUT2D eigenvalue weighted by Gasteiger charge is 2.21. The summed E-state index contributed by atoms with van der Waals surface area (Å²) in [5, 5.41) is 3.20. The minimum Gasteiger partial charge on any atom is -0.481 e. The Morgan fingerprint density at radius 1 is 1.29 bits per heavy atom. The average molecular weight is 240 g/mol. The zero-order valence-corrected chi connectivity index (χ0v) is 10.8. The maximum Gasteiger partial charge on any atom is 0.229 e. The van der Waals surface area contributed by atoms with Crippen LogP contribution < -0.4 is 20.5 Å². The summed E-state index contributed by atoms with van der Waals surface area (Å²) in [6.45, 7) is 4.56. The Bertz CT molecular complexity index is 344. The van der Waals surface area contributed by atoms with E-state index in [1.165, 1.54) is 0 Å². The first-order chi connectivity index (χ1) is 8.06. The Kier molecular flexibility index (Phi) is 4.51. The molecule has 1 unspecified atom stereocenters. The highest BCUT2D eigenvalue weighted by atomic mass is 16.5. The number of rotatable bonds is 6. The van der Waals surface area contributed by atoms with Gasteiger partial charge >= 0.3 is 0 Å². The normalized spacial score (nSPS) is 13.9. The van der Waals surface area contributed by atoms with Crippen LogP contribution in [-0.4, -0.2) is 36.3 Å². The van der Waals surface area contributed by atoms with E-state index in [1.54, 1.807) is 20.3 Å². The van der Waals surface area contributed by atoms with Crippen LogP contribution in [0.15, 0.2) is 6.07 Å². The Balaban J connectivity index is 2.97. The van der Waals surface area contributed by atoms with Gasteiger partial charge in [0.05, 0.1) is 20.3 Å². The van der Waals surface area contributed by atoms with Crippen LogP contribution in [-0.2, 0) is 0 Å². The second-order valence-electron chi connectivity index (χ2n) is 4.02. The standard InChI is InChI=1S/C11H20N4O2/c1-5-11(2,7-12)15-10-13-8(16-3)6-9(14-10)17-4/h6H,5,7,12H2,1-4H3,(H,13,14,15). The summed E-state index contributed by atoms with van der Waals surface area (Å²) in [5.41, 5.74) is 5.49. The molecule has 0 saturated heterocycles. The van der Waals surface area contributed by atoms with Crippen molar-refractivity contribution in [3.8, 4) is 11.8 Å². The maximum atomic E-state index is 5.73. The van der Waals surface area contributed by atoms with E-state index < -0.39 is 0 Å². The molecular weight excluding hydrogens is 220 g/mol. The Morgan fingerprint density at radius 2 is 1.82 bits per heavy atom. The molecule has 1 heterocycles. The van der Waals surface area contributed by atoms with E-state index in [-0.39, 0.29) is 5.54 Å². The molecule has 0 spiro atoms. The van der Waals surface area contributed by atoms with Crippen LogP contribution in [0.2, 0.25) is 0 Å². The van der Waals surface area contributed by atoms with Gasteiger partial charge in [0.2, 0.25) is 17.7 Å². The van der Waals surface area contributed by atoms with Gasteiger partial charge in [0, 0.05) is 12.1 Å². The van der Waals surface area contributed by atoms with E-state index in [1.807, 2.05) is 6.92 Å². The molecule has 1 rings (SSSR count). The van der Waals surface area contributed by atoms with Gasteiger partial charge in [-0.25, -0.2) is 0 Å². The van der Waals surface area contributed by atoms with Crippen LogP contribution >= 0.6 is 0 Å².